The third kappa shape index (κ3) is 4.84. The number of hydrogen-bond acceptors (Lipinski definition) is 6. The fourth-order valence-electron chi connectivity index (χ4n) is 2.67. The topological polar surface area (TPSA) is 85.4 Å². The Morgan fingerprint density at radius 1 is 1.19 bits per heavy atom. The quantitative estimate of drug-likeness (QED) is 0.647. The lowest BCUT2D eigenvalue weighted by atomic mass is 10.2. The summed E-state index contributed by atoms with van der Waals surface area (Å²) in [4.78, 5) is 16.7. The zero-order chi connectivity index (χ0) is 19.4. The molecule has 3 aromatic rings. The van der Waals surface area contributed by atoms with Crippen molar-refractivity contribution in [1.29, 1.82) is 0 Å². The summed E-state index contributed by atoms with van der Waals surface area (Å²) < 4.78 is 30.8. The molecule has 0 aliphatic heterocycles. The second kappa shape index (κ2) is 8.06. The van der Waals surface area contributed by atoms with E-state index in [9.17, 15) is 13.2 Å². The van der Waals surface area contributed by atoms with Crippen LogP contribution in [0.15, 0.2) is 47.4 Å². The number of amides is 1. The van der Waals surface area contributed by atoms with Gasteiger partial charge in [-0.15, -0.1) is 11.3 Å². The third-order valence-electron chi connectivity index (χ3n) is 4.01. The summed E-state index contributed by atoms with van der Waals surface area (Å²) in [5.41, 5.74) is 1.51. The molecule has 142 valence electrons. The van der Waals surface area contributed by atoms with Gasteiger partial charge < -0.3 is 10.1 Å². The number of carbonyl (C=O) groups excluding carboxylic acids is 1. The van der Waals surface area contributed by atoms with Gasteiger partial charge in [-0.3, -0.25) is 4.79 Å². The summed E-state index contributed by atoms with van der Waals surface area (Å²) in [5, 5.41) is 3.77. The number of benzene rings is 2. The van der Waals surface area contributed by atoms with Gasteiger partial charge in [0.05, 0.1) is 33.0 Å². The van der Waals surface area contributed by atoms with Crippen LogP contribution in [0.4, 0.5) is 5.69 Å². The van der Waals surface area contributed by atoms with Crippen LogP contribution in [0.5, 0.6) is 5.75 Å². The van der Waals surface area contributed by atoms with Crippen molar-refractivity contribution in [3.8, 4) is 5.75 Å². The number of fused-ring (bicyclic) bond motifs is 1. The van der Waals surface area contributed by atoms with Crippen LogP contribution in [0.1, 0.15) is 17.8 Å². The summed E-state index contributed by atoms with van der Waals surface area (Å²) in [6, 6.07) is 11.8. The van der Waals surface area contributed by atoms with E-state index in [0.717, 1.165) is 15.2 Å². The Morgan fingerprint density at radius 3 is 2.63 bits per heavy atom. The number of nitrogens with zero attached hydrogens (tertiary/aromatic N) is 1. The Hall–Kier alpha value is -2.45. The maximum Gasteiger partial charge on any atom is 0.224 e. The number of carbonyl (C=O) groups is 1. The lowest BCUT2D eigenvalue weighted by Gasteiger charge is -2.07. The summed E-state index contributed by atoms with van der Waals surface area (Å²) in [5.74, 6) is 0.295. The highest BCUT2D eigenvalue weighted by Gasteiger charge is 2.15. The molecule has 0 bridgehead atoms. The van der Waals surface area contributed by atoms with Crippen LogP contribution in [0, 0.1) is 6.92 Å². The summed E-state index contributed by atoms with van der Waals surface area (Å²) in [7, 11) is -1.90. The molecule has 8 heteroatoms. The number of rotatable bonds is 7. The number of aryl methyl sites for hydroxylation is 1. The number of aromatic nitrogens is 1. The van der Waals surface area contributed by atoms with E-state index >= 15 is 0 Å². The van der Waals surface area contributed by atoms with Crippen molar-refractivity contribution < 1.29 is 17.9 Å². The summed E-state index contributed by atoms with van der Waals surface area (Å²) in [6.45, 7) is 1.94. The maximum absolute atomic E-state index is 12.3. The molecule has 6 nitrogen and oxygen atoms in total. The average Bonchev–Trinajstić information content (AvgIpc) is 3.01. The van der Waals surface area contributed by atoms with Crippen molar-refractivity contribution in [2.45, 2.75) is 24.7 Å². The van der Waals surface area contributed by atoms with E-state index in [4.69, 9.17) is 4.74 Å². The van der Waals surface area contributed by atoms with Gasteiger partial charge in [0.1, 0.15) is 5.75 Å². The molecular weight excluding hydrogens is 384 g/mol. The zero-order valence-corrected chi connectivity index (χ0v) is 16.7. The Labute approximate surface area is 162 Å². The first-order valence-electron chi connectivity index (χ1n) is 8.41. The molecule has 3 rings (SSSR count). The predicted octanol–water partition coefficient (Wildman–Crippen LogP) is 3.81. The van der Waals surface area contributed by atoms with Crippen molar-refractivity contribution in [3.63, 3.8) is 0 Å². The lowest BCUT2D eigenvalue weighted by Crippen LogP contribution is -2.14. The molecule has 1 heterocycles. The number of sulfone groups is 1. The molecule has 0 saturated carbocycles. The van der Waals surface area contributed by atoms with Crippen LogP contribution in [0.2, 0.25) is 0 Å². The number of nitrogens with one attached hydrogen (secondary N) is 1. The standard InChI is InChI=1S/C19H20N2O4S2/c1-13-20-17-12-14(5-10-18(17)26-13)21-19(22)4-3-11-27(23,24)16-8-6-15(25-2)7-9-16/h5-10,12H,3-4,11H2,1-2H3,(H,21,22). The molecule has 0 spiro atoms. The largest absolute Gasteiger partial charge is 0.497 e. The van der Waals surface area contributed by atoms with Crippen LogP contribution in [0.3, 0.4) is 0 Å². The van der Waals surface area contributed by atoms with E-state index < -0.39 is 9.84 Å². The molecule has 1 aromatic heterocycles. The van der Waals surface area contributed by atoms with Crippen LogP contribution in [0.25, 0.3) is 10.2 Å². The highest BCUT2D eigenvalue weighted by Crippen LogP contribution is 2.24. The van der Waals surface area contributed by atoms with Crippen LogP contribution >= 0.6 is 11.3 Å². The Bertz CT molecular complexity index is 1060. The Kier molecular flexibility index (Phi) is 5.76. The smallest absolute Gasteiger partial charge is 0.224 e. The fourth-order valence-corrected chi connectivity index (χ4v) is 4.79. The van der Waals surface area contributed by atoms with Gasteiger partial charge in [-0.25, -0.2) is 13.4 Å². The first-order chi connectivity index (χ1) is 12.9. The number of ether oxygens (including phenoxy) is 1. The van der Waals surface area contributed by atoms with Crippen molar-refractivity contribution >= 4 is 43.0 Å². The van der Waals surface area contributed by atoms with Crippen LogP contribution < -0.4 is 10.1 Å². The molecule has 0 atom stereocenters. The van der Waals surface area contributed by atoms with Crippen molar-refractivity contribution in [3.05, 3.63) is 47.5 Å². The monoisotopic (exact) mass is 404 g/mol. The molecule has 1 amide bonds. The minimum Gasteiger partial charge on any atom is -0.497 e. The number of anilines is 1. The number of hydrogen-bond donors (Lipinski definition) is 1. The van der Waals surface area contributed by atoms with E-state index in [1.807, 2.05) is 25.1 Å². The van der Waals surface area contributed by atoms with E-state index in [0.29, 0.717) is 11.4 Å². The molecule has 0 saturated heterocycles. The van der Waals surface area contributed by atoms with E-state index in [2.05, 4.69) is 10.3 Å². The Balaban J connectivity index is 1.54. The summed E-state index contributed by atoms with van der Waals surface area (Å²) >= 11 is 1.60. The van der Waals surface area contributed by atoms with Gasteiger partial charge in [0.2, 0.25) is 5.91 Å². The minimum atomic E-state index is -3.42. The third-order valence-corrected chi connectivity index (χ3v) is 6.78. The molecule has 0 aliphatic carbocycles. The number of methoxy groups -OCH3 is 1. The van der Waals surface area contributed by atoms with Gasteiger partial charge in [0.25, 0.3) is 0 Å². The molecule has 1 N–H and O–H groups in total. The molecule has 2 aromatic carbocycles. The second-order valence-corrected chi connectivity index (χ2v) is 9.41. The van der Waals surface area contributed by atoms with Gasteiger partial charge >= 0.3 is 0 Å². The maximum atomic E-state index is 12.3. The zero-order valence-electron chi connectivity index (χ0n) is 15.1. The number of thiazole rings is 1. The van der Waals surface area contributed by atoms with Gasteiger partial charge in [0, 0.05) is 12.1 Å². The van der Waals surface area contributed by atoms with Crippen molar-refractivity contribution in [2.24, 2.45) is 0 Å². The van der Waals surface area contributed by atoms with Gasteiger partial charge in [-0.1, -0.05) is 0 Å². The van der Waals surface area contributed by atoms with E-state index in [-0.39, 0.29) is 29.4 Å². The molecule has 0 fully saturated rings. The first kappa shape index (κ1) is 19.3. The molecule has 0 radical (unpaired) electrons. The predicted molar refractivity (Wildman–Crippen MR) is 107 cm³/mol. The van der Waals surface area contributed by atoms with Gasteiger partial charge in [-0.2, -0.15) is 0 Å². The average molecular weight is 405 g/mol. The van der Waals surface area contributed by atoms with Crippen LogP contribution in [-0.4, -0.2) is 32.2 Å². The second-order valence-electron chi connectivity index (χ2n) is 6.06. The van der Waals surface area contributed by atoms with Gasteiger partial charge in [-0.05, 0) is 55.8 Å². The lowest BCUT2D eigenvalue weighted by molar-refractivity contribution is -0.116. The highest BCUT2D eigenvalue weighted by atomic mass is 32.2. The highest BCUT2D eigenvalue weighted by molar-refractivity contribution is 7.91. The fraction of sp³-hybridized carbons (Fsp3) is 0.263. The Morgan fingerprint density at radius 2 is 1.93 bits per heavy atom. The first-order valence-corrected chi connectivity index (χ1v) is 10.9. The summed E-state index contributed by atoms with van der Waals surface area (Å²) in [6.07, 6.45) is 0.377. The molecule has 0 aliphatic rings. The van der Waals surface area contributed by atoms with Crippen LogP contribution in [-0.2, 0) is 14.6 Å². The minimum absolute atomic E-state index is 0.0862. The molecule has 0 unspecified atom stereocenters. The normalized spacial score (nSPS) is 11.5. The molecular formula is C19H20N2O4S2. The SMILES string of the molecule is COc1ccc(S(=O)(=O)CCCC(=O)Nc2ccc3sc(C)nc3c2)cc1. The molecule has 27 heavy (non-hydrogen) atoms. The van der Waals surface area contributed by atoms with E-state index in [1.165, 1.54) is 19.2 Å². The van der Waals surface area contributed by atoms with Crippen molar-refractivity contribution in [2.75, 3.05) is 18.2 Å². The van der Waals surface area contributed by atoms with Gasteiger partial charge in [0.15, 0.2) is 9.84 Å². The van der Waals surface area contributed by atoms with Crippen molar-refractivity contribution in [1.82, 2.24) is 4.98 Å². The van der Waals surface area contributed by atoms with E-state index in [1.54, 1.807) is 23.5 Å².